The summed E-state index contributed by atoms with van der Waals surface area (Å²) in [6.07, 6.45) is 1.04. The first-order valence-corrected chi connectivity index (χ1v) is 7.42. The molecular weight excluding hydrogens is 252 g/mol. The third kappa shape index (κ3) is 2.72. The second-order valence-electron chi connectivity index (χ2n) is 5.76. The maximum absolute atomic E-state index is 12.6. The summed E-state index contributed by atoms with van der Waals surface area (Å²) < 4.78 is 5.40. The number of morpholine rings is 1. The summed E-state index contributed by atoms with van der Waals surface area (Å²) in [7, 11) is 0. The first-order chi connectivity index (χ1) is 9.75. The van der Waals surface area contributed by atoms with Crippen molar-refractivity contribution < 1.29 is 9.53 Å². The number of hydrogen-bond acceptors (Lipinski definition) is 3. The predicted molar refractivity (Wildman–Crippen MR) is 77.6 cm³/mol. The summed E-state index contributed by atoms with van der Waals surface area (Å²) in [6.45, 7) is 4.93. The Balaban J connectivity index is 1.67. The number of nitrogens with zero attached hydrogens (tertiary/aromatic N) is 1. The van der Waals surface area contributed by atoms with Crippen molar-refractivity contribution in [2.75, 3.05) is 26.3 Å². The van der Waals surface area contributed by atoms with Crippen molar-refractivity contribution in [1.29, 1.82) is 0 Å². The molecule has 1 aromatic carbocycles. The SMILES string of the molecule is C[C@@H]1C[C@H](c2ccccc2)CN1C(=O)[C@@H]1COCCN1. The second-order valence-corrected chi connectivity index (χ2v) is 5.76. The van der Waals surface area contributed by atoms with Crippen LogP contribution in [0.1, 0.15) is 24.8 Å². The molecule has 0 aromatic heterocycles. The molecule has 2 fully saturated rings. The van der Waals surface area contributed by atoms with Gasteiger partial charge in [-0.3, -0.25) is 4.79 Å². The van der Waals surface area contributed by atoms with E-state index in [0.717, 1.165) is 19.5 Å². The maximum atomic E-state index is 12.6. The predicted octanol–water partition coefficient (Wildman–Crippen LogP) is 1.38. The van der Waals surface area contributed by atoms with Crippen LogP contribution < -0.4 is 5.32 Å². The summed E-state index contributed by atoms with van der Waals surface area (Å²) in [5, 5.41) is 3.25. The van der Waals surface area contributed by atoms with Crippen molar-refractivity contribution in [3.63, 3.8) is 0 Å². The highest BCUT2D eigenvalue weighted by atomic mass is 16.5. The van der Waals surface area contributed by atoms with Crippen LogP contribution in [0.3, 0.4) is 0 Å². The first kappa shape index (κ1) is 13.6. The van der Waals surface area contributed by atoms with Gasteiger partial charge in [0.15, 0.2) is 0 Å². The van der Waals surface area contributed by atoms with Gasteiger partial charge in [-0.2, -0.15) is 0 Å². The quantitative estimate of drug-likeness (QED) is 0.886. The number of carbonyl (C=O) groups excluding carboxylic acids is 1. The highest BCUT2D eigenvalue weighted by molar-refractivity contribution is 5.82. The van der Waals surface area contributed by atoms with Gasteiger partial charge in [-0.25, -0.2) is 0 Å². The zero-order valence-electron chi connectivity index (χ0n) is 11.9. The van der Waals surface area contributed by atoms with Gasteiger partial charge in [0.1, 0.15) is 6.04 Å². The van der Waals surface area contributed by atoms with E-state index < -0.39 is 0 Å². The molecule has 20 heavy (non-hydrogen) atoms. The summed E-state index contributed by atoms with van der Waals surface area (Å²) in [4.78, 5) is 14.6. The van der Waals surface area contributed by atoms with Gasteiger partial charge < -0.3 is 15.0 Å². The number of carbonyl (C=O) groups is 1. The lowest BCUT2D eigenvalue weighted by Gasteiger charge is -2.29. The maximum Gasteiger partial charge on any atom is 0.242 e. The first-order valence-electron chi connectivity index (χ1n) is 7.42. The molecule has 0 bridgehead atoms. The average molecular weight is 274 g/mol. The number of amides is 1. The molecule has 1 aromatic rings. The van der Waals surface area contributed by atoms with E-state index in [9.17, 15) is 4.79 Å². The average Bonchev–Trinajstić information content (AvgIpc) is 2.90. The zero-order valence-corrected chi connectivity index (χ0v) is 11.9. The van der Waals surface area contributed by atoms with E-state index in [1.54, 1.807) is 0 Å². The molecule has 3 atom stereocenters. The van der Waals surface area contributed by atoms with Gasteiger partial charge in [-0.05, 0) is 18.9 Å². The monoisotopic (exact) mass is 274 g/mol. The van der Waals surface area contributed by atoms with E-state index in [4.69, 9.17) is 4.74 Å². The van der Waals surface area contributed by atoms with E-state index in [2.05, 4.69) is 36.5 Å². The third-order valence-electron chi connectivity index (χ3n) is 4.35. The fourth-order valence-corrected chi connectivity index (χ4v) is 3.23. The Morgan fingerprint density at radius 3 is 2.85 bits per heavy atom. The van der Waals surface area contributed by atoms with Gasteiger partial charge in [0.25, 0.3) is 0 Å². The van der Waals surface area contributed by atoms with Crippen LogP contribution in [-0.2, 0) is 9.53 Å². The van der Waals surface area contributed by atoms with Gasteiger partial charge in [0.05, 0.1) is 13.2 Å². The second kappa shape index (κ2) is 5.94. The molecule has 0 aliphatic carbocycles. The van der Waals surface area contributed by atoms with Crippen LogP contribution in [0.2, 0.25) is 0 Å². The molecule has 2 aliphatic heterocycles. The topological polar surface area (TPSA) is 41.6 Å². The van der Waals surface area contributed by atoms with Crippen LogP contribution in [-0.4, -0.2) is 49.2 Å². The van der Waals surface area contributed by atoms with Gasteiger partial charge >= 0.3 is 0 Å². The van der Waals surface area contributed by atoms with Gasteiger partial charge in [-0.15, -0.1) is 0 Å². The molecule has 4 nitrogen and oxygen atoms in total. The number of nitrogens with one attached hydrogen (secondary N) is 1. The molecule has 0 unspecified atom stereocenters. The van der Waals surface area contributed by atoms with Crippen molar-refractivity contribution >= 4 is 5.91 Å². The smallest absolute Gasteiger partial charge is 0.242 e. The minimum Gasteiger partial charge on any atom is -0.378 e. The normalized spacial score (nSPS) is 30.4. The number of likely N-dealkylation sites (tertiary alicyclic amines) is 1. The summed E-state index contributed by atoms with van der Waals surface area (Å²) >= 11 is 0. The van der Waals surface area contributed by atoms with Crippen LogP contribution in [0.15, 0.2) is 30.3 Å². The molecule has 108 valence electrons. The van der Waals surface area contributed by atoms with Gasteiger partial charge in [0, 0.05) is 25.0 Å². The Bertz CT molecular complexity index is 457. The number of benzene rings is 1. The van der Waals surface area contributed by atoms with Crippen LogP contribution in [0.4, 0.5) is 0 Å². The van der Waals surface area contributed by atoms with Gasteiger partial charge in [-0.1, -0.05) is 30.3 Å². The Hall–Kier alpha value is -1.39. The lowest BCUT2D eigenvalue weighted by atomic mass is 9.97. The minimum absolute atomic E-state index is 0.166. The fraction of sp³-hybridized carbons (Fsp3) is 0.562. The van der Waals surface area contributed by atoms with E-state index >= 15 is 0 Å². The lowest BCUT2D eigenvalue weighted by molar-refractivity contribution is -0.136. The fourth-order valence-electron chi connectivity index (χ4n) is 3.23. The minimum atomic E-state index is -0.166. The van der Waals surface area contributed by atoms with E-state index in [-0.39, 0.29) is 11.9 Å². The van der Waals surface area contributed by atoms with E-state index in [0.29, 0.717) is 25.2 Å². The molecule has 0 spiro atoms. The Morgan fingerprint density at radius 2 is 2.15 bits per heavy atom. The number of ether oxygens (including phenoxy) is 1. The largest absolute Gasteiger partial charge is 0.378 e. The van der Waals surface area contributed by atoms with E-state index in [1.165, 1.54) is 5.56 Å². The van der Waals surface area contributed by atoms with Crippen molar-refractivity contribution in [2.45, 2.75) is 31.3 Å². The zero-order chi connectivity index (χ0) is 13.9. The Labute approximate surface area is 120 Å². The molecule has 3 rings (SSSR count). The van der Waals surface area contributed by atoms with Gasteiger partial charge in [0.2, 0.25) is 5.91 Å². The van der Waals surface area contributed by atoms with Crippen molar-refractivity contribution in [3.05, 3.63) is 35.9 Å². The summed E-state index contributed by atoms with van der Waals surface area (Å²) in [5.74, 6) is 0.648. The van der Waals surface area contributed by atoms with Crippen molar-refractivity contribution in [2.24, 2.45) is 0 Å². The molecule has 2 heterocycles. The van der Waals surface area contributed by atoms with Crippen LogP contribution in [0.5, 0.6) is 0 Å². The summed E-state index contributed by atoms with van der Waals surface area (Å²) in [5.41, 5.74) is 1.34. The van der Waals surface area contributed by atoms with E-state index in [1.807, 2.05) is 11.0 Å². The molecule has 2 aliphatic rings. The lowest BCUT2D eigenvalue weighted by Crippen LogP contribution is -2.53. The molecular formula is C16H22N2O2. The summed E-state index contributed by atoms with van der Waals surface area (Å²) in [6, 6.07) is 10.6. The van der Waals surface area contributed by atoms with Crippen LogP contribution in [0.25, 0.3) is 0 Å². The third-order valence-corrected chi connectivity index (χ3v) is 4.35. The Kier molecular flexibility index (Phi) is 4.03. The molecule has 0 radical (unpaired) electrons. The van der Waals surface area contributed by atoms with Crippen LogP contribution >= 0.6 is 0 Å². The molecule has 0 saturated carbocycles. The van der Waals surface area contributed by atoms with Crippen molar-refractivity contribution in [3.8, 4) is 0 Å². The van der Waals surface area contributed by atoms with Crippen molar-refractivity contribution in [1.82, 2.24) is 10.2 Å². The standard InChI is InChI=1S/C16H22N2O2/c1-12-9-14(13-5-3-2-4-6-13)10-18(12)16(19)15-11-20-8-7-17-15/h2-6,12,14-15,17H,7-11H2,1H3/t12-,14+,15+/m1/s1. The highest BCUT2D eigenvalue weighted by Crippen LogP contribution is 2.31. The number of rotatable bonds is 2. The molecule has 2 saturated heterocycles. The number of hydrogen-bond donors (Lipinski definition) is 1. The highest BCUT2D eigenvalue weighted by Gasteiger charge is 2.36. The molecule has 1 N–H and O–H groups in total. The van der Waals surface area contributed by atoms with Crippen LogP contribution in [0, 0.1) is 0 Å². The molecule has 1 amide bonds. The molecule has 4 heteroatoms. The Morgan fingerprint density at radius 1 is 1.35 bits per heavy atom.